The Morgan fingerprint density at radius 1 is 1.03 bits per heavy atom. The predicted molar refractivity (Wildman–Crippen MR) is 122 cm³/mol. The van der Waals surface area contributed by atoms with Crippen LogP contribution in [0.15, 0.2) is 54.6 Å². The molecule has 0 aromatic heterocycles. The summed E-state index contributed by atoms with van der Waals surface area (Å²) in [6, 6.07) is 17.9. The Morgan fingerprint density at radius 3 is 2.38 bits per heavy atom. The summed E-state index contributed by atoms with van der Waals surface area (Å²) < 4.78 is 0. The number of nitrogens with one attached hydrogen (secondary N) is 1. The molecule has 2 rings (SSSR count). The number of likely N-dealkylation sites (N-methyl/N-ethyl adjacent to an activating group) is 1. The van der Waals surface area contributed by atoms with Crippen LogP contribution in [0.25, 0.3) is 0 Å². The molecule has 2 amide bonds. The Bertz CT molecular complexity index is 779. The van der Waals surface area contributed by atoms with Crippen molar-refractivity contribution in [3.8, 4) is 0 Å². The van der Waals surface area contributed by atoms with Gasteiger partial charge in [0.1, 0.15) is 6.04 Å². The summed E-state index contributed by atoms with van der Waals surface area (Å²) >= 11 is 1.61. The van der Waals surface area contributed by atoms with Gasteiger partial charge in [-0.2, -0.15) is 0 Å². The third-order valence-corrected chi connectivity index (χ3v) is 5.93. The topological polar surface area (TPSA) is 49.4 Å². The van der Waals surface area contributed by atoms with Crippen molar-refractivity contribution in [2.45, 2.75) is 45.4 Å². The summed E-state index contributed by atoms with van der Waals surface area (Å²) in [7, 11) is 0. The van der Waals surface area contributed by atoms with Crippen molar-refractivity contribution in [1.29, 1.82) is 0 Å². The van der Waals surface area contributed by atoms with Crippen molar-refractivity contribution in [2.75, 3.05) is 18.8 Å². The van der Waals surface area contributed by atoms with Crippen LogP contribution in [0.5, 0.6) is 0 Å². The largest absolute Gasteiger partial charge is 0.355 e. The van der Waals surface area contributed by atoms with E-state index in [-0.39, 0.29) is 11.8 Å². The Hall–Kier alpha value is -2.27. The van der Waals surface area contributed by atoms with Gasteiger partial charge in [-0.25, -0.2) is 0 Å². The minimum atomic E-state index is -0.426. The number of rotatable bonds is 11. The van der Waals surface area contributed by atoms with Gasteiger partial charge >= 0.3 is 0 Å². The third-order valence-electron chi connectivity index (χ3n) is 4.97. The summed E-state index contributed by atoms with van der Waals surface area (Å²) in [5, 5.41) is 2.88. The van der Waals surface area contributed by atoms with Crippen LogP contribution in [0.4, 0.5) is 0 Å². The first-order valence-electron chi connectivity index (χ1n) is 10.3. The van der Waals surface area contributed by atoms with Crippen LogP contribution in [-0.2, 0) is 21.8 Å². The van der Waals surface area contributed by atoms with Crippen LogP contribution in [-0.4, -0.2) is 41.6 Å². The number of hydrogen-bond acceptors (Lipinski definition) is 3. The maximum absolute atomic E-state index is 13.1. The molecule has 0 aliphatic rings. The molecule has 0 unspecified atom stereocenters. The molecule has 29 heavy (non-hydrogen) atoms. The molecule has 156 valence electrons. The number of hydrogen-bond donors (Lipinski definition) is 1. The fourth-order valence-electron chi connectivity index (χ4n) is 3.29. The number of nitrogens with zero attached hydrogens (tertiary/aromatic N) is 1. The first-order valence-corrected chi connectivity index (χ1v) is 11.5. The van der Waals surface area contributed by atoms with Crippen molar-refractivity contribution in [2.24, 2.45) is 0 Å². The van der Waals surface area contributed by atoms with Gasteiger partial charge in [-0.05, 0) is 43.4 Å². The molecule has 2 aromatic carbocycles. The highest BCUT2D eigenvalue weighted by Gasteiger charge is 2.27. The second-order valence-corrected chi connectivity index (χ2v) is 8.05. The van der Waals surface area contributed by atoms with Crippen molar-refractivity contribution in [3.05, 3.63) is 71.3 Å². The van der Waals surface area contributed by atoms with Crippen molar-refractivity contribution in [3.63, 3.8) is 0 Å². The predicted octanol–water partition coefficient (Wildman–Crippen LogP) is 4.21. The molecule has 0 fully saturated rings. The average Bonchev–Trinajstić information content (AvgIpc) is 2.73. The molecule has 0 spiro atoms. The lowest BCUT2D eigenvalue weighted by Crippen LogP contribution is -2.50. The summed E-state index contributed by atoms with van der Waals surface area (Å²) in [5.74, 6) is 1.12. The molecule has 0 bridgehead atoms. The van der Waals surface area contributed by atoms with Crippen LogP contribution in [0.3, 0.4) is 0 Å². The molecule has 0 heterocycles. The molecule has 2 aromatic rings. The van der Waals surface area contributed by atoms with Crippen LogP contribution in [0, 0.1) is 6.92 Å². The molecule has 0 saturated heterocycles. The number of amides is 2. The molecule has 1 N–H and O–H groups in total. The maximum Gasteiger partial charge on any atom is 0.242 e. The minimum absolute atomic E-state index is 0.0256. The Morgan fingerprint density at radius 2 is 1.72 bits per heavy atom. The number of carbonyl (C=O) groups is 2. The van der Waals surface area contributed by atoms with E-state index in [0.717, 1.165) is 12.2 Å². The highest BCUT2D eigenvalue weighted by molar-refractivity contribution is 7.99. The van der Waals surface area contributed by atoms with E-state index >= 15 is 0 Å². The molecular formula is C24H32N2O2S. The second-order valence-electron chi connectivity index (χ2n) is 7.06. The summed E-state index contributed by atoms with van der Waals surface area (Å²) in [6.45, 7) is 7.07. The molecular weight excluding hydrogens is 380 g/mol. The molecule has 4 nitrogen and oxygen atoms in total. The number of thioether (sulfide) groups is 1. The number of benzene rings is 2. The molecule has 0 radical (unpaired) electrons. The molecule has 0 aliphatic carbocycles. The zero-order chi connectivity index (χ0) is 21.1. The van der Waals surface area contributed by atoms with E-state index in [4.69, 9.17) is 0 Å². The van der Waals surface area contributed by atoms with E-state index in [1.165, 1.54) is 16.7 Å². The standard InChI is InChI=1S/C24H32N2O2S/c1-4-22(24(28)25-5-2)26(16-15-20-12-7-6-8-13-20)23(27)18-29-17-21-14-10-9-11-19(21)3/h6-14,22H,4-5,15-18H2,1-3H3,(H,25,28)/t22-/m1/s1. The van der Waals surface area contributed by atoms with Gasteiger partial charge in [0.25, 0.3) is 0 Å². The second kappa shape index (κ2) is 12.3. The van der Waals surface area contributed by atoms with Crippen molar-refractivity contribution in [1.82, 2.24) is 10.2 Å². The van der Waals surface area contributed by atoms with Crippen LogP contribution >= 0.6 is 11.8 Å². The minimum Gasteiger partial charge on any atom is -0.355 e. The van der Waals surface area contributed by atoms with Gasteiger partial charge in [0.2, 0.25) is 11.8 Å². The molecule has 0 aliphatic heterocycles. The van der Waals surface area contributed by atoms with E-state index in [2.05, 4.69) is 36.5 Å². The van der Waals surface area contributed by atoms with Crippen molar-refractivity contribution < 1.29 is 9.59 Å². The van der Waals surface area contributed by atoms with Gasteiger partial charge < -0.3 is 10.2 Å². The van der Waals surface area contributed by atoms with Crippen LogP contribution in [0.1, 0.15) is 37.0 Å². The first kappa shape index (κ1) is 23.0. The Kier molecular flexibility index (Phi) is 9.78. The maximum atomic E-state index is 13.1. The summed E-state index contributed by atoms with van der Waals surface area (Å²) in [6.07, 6.45) is 1.35. The smallest absolute Gasteiger partial charge is 0.242 e. The lowest BCUT2D eigenvalue weighted by Gasteiger charge is -2.30. The van der Waals surface area contributed by atoms with Gasteiger partial charge in [0.05, 0.1) is 5.75 Å². The molecule has 1 atom stereocenters. The Labute approximate surface area is 179 Å². The SMILES string of the molecule is CCNC(=O)[C@@H](CC)N(CCc1ccccc1)C(=O)CSCc1ccccc1C. The zero-order valence-electron chi connectivity index (χ0n) is 17.7. The van der Waals surface area contributed by atoms with E-state index in [9.17, 15) is 9.59 Å². The average molecular weight is 413 g/mol. The quantitative estimate of drug-likeness (QED) is 0.601. The highest BCUT2D eigenvalue weighted by atomic mass is 32.2. The van der Waals surface area contributed by atoms with Gasteiger partial charge in [0.15, 0.2) is 0 Å². The first-order chi connectivity index (χ1) is 14.1. The lowest BCUT2D eigenvalue weighted by atomic mass is 10.1. The van der Waals surface area contributed by atoms with Crippen LogP contribution in [0.2, 0.25) is 0 Å². The third kappa shape index (κ3) is 7.24. The van der Waals surface area contributed by atoms with E-state index in [1.807, 2.05) is 44.2 Å². The zero-order valence-corrected chi connectivity index (χ0v) is 18.5. The Balaban J connectivity index is 2.04. The summed E-state index contributed by atoms with van der Waals surface area (Å²) in [5.41, 5.74) is 3.66. The molecule has 0 saturated carbocycles. The van der Waals surface area contributed by atoms with E-state index < -0.39 is 6.04 Å². The number of carbonyl (C=O) groups excluding carboxylic acids is 2. The van der Waals surface area contributed by atoms with E-state index in [1.54, 1.807) is 16.7 Å². The van der Waals surface area contributed by atoms with Gasteiger partial charge in [0, 0.05) is 18.8 Å². The van der Waals surface area contributed by atoms with Gasteiger partial charge in [-0.1, -0.05) is 61.5 Å². The normalized spacial score (nSPS) is 11.7. The van der Waals surface area contributed by atoms with Crippen molar-refractivity contribution >= 4 is 23.6 Å². The lowest BCUT2D eigenvalue weighted by molar-refractivity contribution is -0.138. The fourth-order valence-corrected chi connectivity index (χ4v) is 4.28. The summed E-state index contributed by atoms with van der Waals surface area (Å²) in [4.78, 5) is 27.4. The van der Waals surface area contributed by atoms with Crippen LogP contribution < -0.4 is 5.32 Å². The van der Waals surface area contributed by atoms with E-state index in [0.29, 0.717) is 25.3 Å². The highest BCUT2D eigenvalue weighted by Crippen LogP contribution is 2.18. The van der Waals surface area contributed by atoms with Gasteiger partial charge in [-0.15, -0.1) is 11.8 Å². The van der Waals surface area contributed by atoms with Gasteiger partial charge in [-0.3, -0.25) is 9.59 Å². The molecule has 5 heteroatoms. The number of aryl methyl sites for hydroxylation is 1. The monoisotopic (exact) mass is 412 g/mol. The fraction of sp³-hybridized carbons (Fsp3) is 0.417.